The molecule has 1 fully saturated rings. The van der Waals surface area contributed by atoms with E-state index in [-0.39, 0.29) is 17.8 Å². The number of nitrogens with zero attached hydrogens (tertiary/aromatic N) is 3. The van der Waals surface area contributed by atoms with Gasteiger partial charge in [-0.25, -0.2) is 4.57 Å². The largest absolute Gasteiger partial charge is 0.358 e. The maximum atomic E-state index is 12.8. The van der Waals surface area contributed by atoms with Crippen molar-refractivity contribution >= 4 is 27.7 Å². The van der Waals surface area contributed by atoms with Crippen molar-refractivity contribution in [2.45, 2.75) is 38.1 Å². The Balaban J connectivity index is 2.23. The number of alkyl halides is 1. The van der Waals surface area contributed by atoms with E-state index < -0.39 is 4.92 Å². The second-order valence-corrected chi connectivity index (χ2v) is 6.17. The van der Waals surface area contributed by atoms with Gasteiger partial charge in [0.15, 0.2) is 5.69 Å². The van der Waals surface area contributed by atoms with E-state index in [1.807, 2.05) is 4.90 Å². The lowest BCUT2D eigenvalue weighted by atomic mass is 9.94. The smallest absolute Gasteiger partial charge is 0.323 e. The van der Waals surface area contributed by atoms with Gasteiger partial charge in [-0.15, -0.1) is 0 Å². The summed E-state index contributed by atoms with van der Waals surface area (Å²) >= 11 is 3.40. The molecule has 6 nitrogen and oxygen atoms in total. The third-order valence-corrected chi connectivity index (χ3v) is 4.46. The SMILES string of the molecule is Cn1c(C(=O)N(CCBr)C2CCCCC2)ccc1[N+](=O)[O-]. The zero-order valence-corrected chi connectivity index (χ0v) is 13.7. The van der Waals surface area contributed by atoms with Gasteiger partial charge in [0.2, 0.25) is 0 Å². The van der Waals surface area contributed by atoms with Crippen LogP contribution in [0.1, 0.15) is 42.6 Å². The molecular formula is C14H20BrN3O3. The lowest BCUT2D eigenvalue weighted by molar-refractivity contribution is -0.391. The number of carbonyl (C=O) groups is 1. The van der Waals surface area contributed by atoms with Crippen molar-refractivity contribution in [3.8, 4) is 0 Å². The molecule has 1 saturated carbocycles. The van der Waals surface area contributed by atoms with Crippen LogP contribution in [-0.4, -0.2) is 38.2 Å². The summed E-state index contributed by atoms with van der Waals surface area (Å²) in [5.41, 5.74) is 0.383. The molecule has 0 unspecified atom stereocenters. The Morgan fingerprint density at radius 2 is 2.10 bits per heavy atom. The quantitative estimate of drug-likeness (QED) is 0.461. The minimum absolute atomic E-state index is 0.0548. The summed E-state index contributed by atoms with van der Waals surface area (Å²) in [6, 6.07) is 3.18. The number of hydrogen-bond acceptors (Lipinski definition) is 3. The van der Waals surface area contributed by atoms with Crippen LogP contribution < -0.4 is 0 Å². The molecule has 7 heteroatoms. The zero-order valence-electron chi connectivity index (χ0n) is 12.1. The Bertz CT molecular complexity index is 524. The summed E-state index contributed by atoms with van der Waals surface area (Å²) in [5, 5.41) is 11.6. The molecule has 0 atom stereocenters. The Morgan fingerprint density at radius 3 is 2.62 bits per heavy atom. The minimum Gasteiger partial charge on any atom is -0.358 e. The molecule has 0 spiro atoms. The lowest BCUT2D eigenvalue weighted by Gasteiger charge is -2.33. The van der Waals surface area contributed by atoms with Crippen LogP contribution in [-0.2, 0) is 7.05 Å². The molecule has 0 aliphatic heterocycles. The number of amides is 1. The predicted molar refractivity (Wildman–Crippen MR) is 83.8 cm³/mol. The first-order chi connectivity index (χ1) is 10.1. The number of rotatable bonds is 5. The van der Waals surface area contributed by atoms with Crippen LogP contribution >= 0.6 is 15.9 Å². The highest BCUT2D eigenvalue weighted by atomic mass is 79.9. The molecule has 1 aromatic heterocycles. The van der Waals surface area contributed by atoms with E-state index in [2.05, 4.69) is 15.9 Å². The van der Waals surface area contributed by atoms with E-state index in [4.69, 9.17) is 0 Å². The van der Waals surface area contributed by atoms with Crippen molar-refractivity contribution in [3.05, 3.63) is 27.9 Å². The van der Waals surface area contributed by atoms with Crippen LogP contribution in [0.3, 0.4) is 0 Å². The van der Waals surface area contributed by atoms with Gasteiger partial charge < -0.3 is 15.0 Å². The van der Waals surface area contributed by atoms with Gasteiger partial charge in [-0.3, -0.25) is 4.79 Å². The van der Waals surface area contributed by atoms with Crippen molar-refractivity contribution in [3.63, 3.8) is 0 Å². The van der Waals surface area contributed by atoms with Crippen molar-refractivity contribution in [2.24, 2.45) is 7.05 Å². The van der Waals surface area contributed by atoms with Crippen molar-refractivity contribution in [1.29, 1.82) is 0 Å². The number of nitro groups is 1. The van der Waals surface area contributed by atoms with E-state index in [1.54, 1.807) is 13.1 Å². The highest BCUT2D eigenvalue weighted by Gasteiger charge is 2.30. The molecule has 0 bridgehead atoms. The average molecular weight is 358 g/mol. The number of hydrogen-bond donors (Lipinski definition) is 0. The highest BCUT2D eigenvalue weighted by Crippen LogP contribution is 2.25. The maximum Gasteiger partial charge on any atom is 0.323 e. The second kappa shape index (κ2) is 7.06. The summed E-state index contributed by atoms with van der Waals surface area (Å²) in [6.07, 6.45) is 5.55. The van der Waals surface area contributed by atoms with Crippen molar-refractivity contribution in [1.82, 2.24) is 9.47 Å². The maximum absolute atomic E-state index is 12.8. The van der Waals surface area contributed by atoms with E-state index in [0.717, 1.165) is 25.7 Å². The third kappa shape index (κ3) is 3.45. The summed E-state index contributed by atoms with van der Waals surface area (Å²) in [6.45, 7) is 0.627. The lowest BCUT2D eigenvalue weighted by Crippen LogP contribution is -2.43. The minimum atomic E-state index is -0.466. The van der Waals surface area contributed by atoms with Gasteiger partial charge in [0.1, 0.15) is 0 Å². The highest BCUT2D eigenvalue weighted by molar-refractivity contribution is 9.09. The fraction of sp³-hybridized carbons (Fsp3) is 0.643. The van der Waals surface area contributed by atoms with Gasteiger partial charge >= 0.3 is 5.82 Å². The van der Waals surface area contributed by atoms with E-state index in [0.29, 0.717) is 17.6 Å². The van der Waals surface area contributed by atoms with E-state index in [9.17, 15) is 14.9 Å². The van der Waals surface area contributed by atoms with Crippen LogP contribution in [0.4, 0.5) is 5.82 Å². The second-order valence-electron chi connectivity index (χ2n) is 5.37. The normalized spacial score (nSPS) is 15.9. The van der Waals surface area contributed by atoms with Gasteiger partial charge in [0.05, 0.1) is 7.05 Å². The molecule has 1 aromatic rings. The van der Waals surface area contributed by atoms with Crippen LogP contribution in [0.2, 0.25) is 0 Å². The predicted octanol–water partition coefficient (Wildman–Crippen LogP) is 3.10. The zero-order chi connectivity index (χ0) is 15.4. The average Bonchev–Trinajstić information content (AvgIpc) is 2.87. The summed E-state index contributed by atoms with van der Waals surface area (Å²) in [5.74, 6) is -0.169. The molecule has 1 aliphatic carbocycles. The van der Waals surface area contributed by atoms with Gasteiger partial charge in [0.25, 0.3) is 5.91 Å². The van der Waals surface area contributed by atoms with Crippen molar-refractivity contribution < 1.29 is 9.72 Å². The molecule has 1 amide bonds. The molecule has 1 aliphatic rings. The topological polar surface area (TPSA) is 68.4 Å². The Labute approximate surface area is 132 Å². The van der Waals surface area contributed by atoms with Gasteiger partial charge in [-0.05, 0) is 23.8 Å². The first-order valence-corrected chi connectivity index (χ1v) is 8.35. The molecule has 0 saturated heterocycles. The van der Waals surface area contributed by atoms with Crippen LogP contribution in [0, 0.1) is 10.1 Å². The molecule has 0 radical (unpaired) electrons. The molecule has 116 valence electrons. The fourth-order valence-corrected chi connectivity index (χ4v) is 3.36. The van der Waals surface area contributed by atoms with Gasteiger partial charge in [-0.1, -0.05) is 35.2 Å². The summed E-state index contributed by atoms with van der Waals surface area (Å²) in [7, 11) is 1.57. The van der Waals surface area contributed by atoms with Crippen LogP contribution in [0.15, 0.2) is 12.1 Å². The van der Waals surface area contributed by atoms with E-state index >= 15 is 0 Å². The molecule has 0 N–H and O–H groups in total. The Hall–Kier alpha value is -1.37. The van der Waals surface area contributed by atoms with Crippen molar-refractivity contribution in [2.75, 3.05) is 11.9 Å². The van der Waals surface area contributed by atoms with E-state index in [1.165, 1.54) is 17.1 Å². The molecular weight excluding hydrogens is 338 g/mol. The molecule has 1 heterocycles. The standard InChI is InChI=1S/C14H20BrN3O3/c1-16-12(7-8-13(16)18(20)21)14(19)17(10-9-15)11-5-3-2-4-6-11/h7-8,11H,2-6,9-10H2,1H3. The number of halogens is 1. The molecule has 2 rings (SSSR count). The Morgan fingerprint density at radius 1 is 1.43 bits per heavy atom. The van der Waals surface area contributed by atoms with Crippen LogP contribution in [0.25, 0.3) is 0 Å². The first kappa shape index (κ1) is 16.0. The number of aromatic nitrogens is 1. The van der Waals surface area contributed by atoms with Crippen LogP contribution in [0.5, 0.6) is 0 Å². The van der Waals surface area contributed by atoms with Gasteiger partial charge in [0, 0.05) is 24.0 Å². The third-order valence-electron chi connectivity index (χ3n) is 4.10. The summed E-state index contributed by atoms with van der Waals surface area (Å²) < 4.78 is 1.37. The molecule has 0 aromatic carbocycles. The fourth-order valence-electron chi connectivity index (χ4n) is 2.98. The summed E-state index contributed by atoms with van der Waals surface area (Å²) in [4.78, 5) is 25.1. The molecule has 21 heavy (non-hydrogen) atoms. The first-order valence-electron chi connectivity index (χ1n) is 7.23. The number of carbonyl (C=O) groups excluding carboxylic acids is 1. The Kier molecular flexibility index (Phi) is 5.39. The van der Waals surface area contributed by atoms with Gasteiger partial charge in [-0.2, -0.15) is 0 Å². The monoisotopic (exact) mass is 357 g/mol.